The minimum Gasteiger partial charge on any atom is -0.382 e. The number of halogens is 3. The van der Waals surface area contributed by atoms with Crippen LogP contribution in [0.15, 0.2) is 18.2 Å². The van der Waals surface area contributed by atoms with E-state index in [1.807, 2.05) is 0 Å². The molecule has 0 unspecified atom stereocenters. The van der Waals surface area contributed by atoms with E-state index in [1.54, 1.807) is 0 Å². The number of hydrogen-bond acceptors (Lipinski definition) is 4. The Balaban J connectivity index is 2.11. The van der Waals surface area contributed by atoms with Gasteiger partial charge in [-0.25, -0.2) is 8.78 Å². The van der Waals surface area contributed by atoms with Gasteiger partial charge >= 0.3 is 0 Å². The molecule has 0 aliphatic heterocycles. The van der Waals surface area contributed by atoms with E-state index < -0.39 is 17.5 Å². The van der Waals surface area contributed by atoms with Crippen LogP contribution >= 0.6 is 23.1 Å². The number of rotatable bonds is 3. The lowest BCUT2D eigenvalue weighted by Crippen LogP contribution is -2.23. The molecule has 0 spiro atoms. The molecule has 0 aliphatic rings. The first-order chi connectivity index (χ1) is 9.00. The average Bonchev–Trinajstić information content (AvgIpc) is 2.69. The minimum atomic E-state index is -0.727. The molecule has 2 rings (SSSR count). The molecule has 1 aromatic heterocycles. The predicted octanol–water partition coefficient (Wildman–Crippen LogP) is 2.59. The second-order valence-corrected chi connectivity index (χ2v) is 4.75. The molecule has 1 aromatic carbocycles. The van der Waals surface area contributed by atoms with Gasteiger partial charge in [0.05, 0.1) is 0 Å². The second-order valence-electron chi connectivity index (χ2n) is 3.59. The monoisotopic (exact) mass is 303 g/mol. The number of nitrogens with two attached hydrogens (primary N) is 1. The van der Waals surface area contributed by atoms with Gasteiger partial charge in [-0.05, 0) is 23.7 Å². The van der Waals surface area contributed by atoms with Gasteiger partial charge in [0.2, 0.25) is 0 Å². The molecule has 0 saturated carbocycles. The normalized spacial score (nSPS) is 10.5. The van der Waals surface area contributed by atoms with Crippen LogP contribution in [0.3, 0.4) is 0 Å². The van der Waals surface area contributed by atoms with Gasteiger partial charge in [0.1, 0.15) is 21.5 Å². The van der Waals surface area contributed by atoms with Crippen molar-refractivity contribution in [2.45, 2.75) is 6.54 Å². The third kappa shape index (κ3) is 2.82. The van der Waals surface area contributed by atoms with Gasteiger partial charge in [-0.1, -0.05) is 17.7 Å². The van der Waals surface area contributed by atoms with Crippen LogP contribution in [0, 0.1) is 11.6 Å². The van der Waals surface area contributed by atoms with Crippen LogP contribution in [0.5, 0.6) is 0 Å². The van der Waals surface area contributed by atoms with Crippen molar-refractivity contribution in [3.8, 4) is 0 Å². The van der Waals surface area contributed by atoms with Crippen LogP contribution in [0.1, 0.15) is 15.2 Å². The van der Waals surface area contributed by atoms with Crippen LogP contribution in [0.2, 0.25) is 5.02 Å². The third-order valence-corrected chi connectivity index (χ3v) is 3.71. The molecule has 100 valence electrons. The van der Waals surface area contributed by atoms with E-state index >= 15 is 0 Å². The maximum atomic E-state index is 13.3. The van der Waals surface area contributed by atoms with E-state index in [2.05, 4.69) is 9.69 Å². The predicted molar refractivity (Wildman–Crippen MR) is 69.1 cm³/mol. The summed E-state index contributed by atoms with van der Waals surface area (Å²) in [4.78, 5) is 11.9. The highest BCUT2D eigenvalue weighted by molar-refractivity contribution is 7.09. The highest BCUT2D eigenvalue weighted by Gasteiger charge is 2.17. The number of nitrogens with one attached hydrogen (secondary N) is 1. The number of hydrogen-bond donors (Lipinski definition) is 2. The van der Waals surface area contributed by atoms with Gasteiger partial charge in [0, 0.05) is 12.1 Å². The van der Waals surface area contributed by atoms with Crippen molar-refractivity contribution in [3.05, 3.63) is 45.3 Å². The molecule has 0 atom stereocenters. The summed E-state index contributed by atoms with van der Waals surface area (Å²) in [5, 5.41) is 2.40. The van der Waals surface area contributed by atoms with Crippen LogP contribution < -0.4 is 11.1 Å². The quantitative estimate of drug-likeness (QED) is 0.916. The van der Waals surface area contributed by atoms with Gasteiger partial charge in [-0.3, -0.25) is 4.79 Å². The van der Waals surface area contributed by atoms with E-state index in [0.717, 1.165) is 23.7 Å². The third-order valence-electron chi connectivity index (χ3n) is 2.35. The number of amides is 1. The van der Waals surface area contributed by atoms with E-state index in [-0.39, 0.29) is 27.8 Å². The zero-order valence-corrected chi connectivity index (χ0v) is 11.0. The largest absolute Gasteiger partial charge is 0.382 e. The molecule has 1 heterocycles. The number of nitrogen functional groups attached to an aromatic ring is 1. The lowest BCUT2D eigenvalue weighted by molar-refractivity contribution is 0.0954. The highest BCUT2D eigenvalue weighted by Crippen LogP contribution is 2.26. The Morgan fingerprint density at radius 2 is 2.05 bits per heavy atom. The molecule has 0 saturated heterocycles. The summed E-state index contributed by atoms with van der Waals surface area (Å²) in [5.74, 6) is -1.99. The zero-order valence-electron chi connectivity index (χ0n) is 9.41. The number of aromatic nitrogens is 1. The second kappa shape index (κ2) is 5.50. The van der Waals surface area contributed by atoms with Gasteiger partial charge in [0.25, 0.3) is 5.91 Å². The van der Waals surface area contributed by atoms with Crippen molar-refractivity contribution in [2.75, 3.05) is 5.73 Å². The molecule has 0 aliphatic carbocycles. The molecule has 8 heteroatoms. The van der Waals surface area contributed by atoms with Gasteiger partial charge in [0.15, 0.2) is 5.82 Å². The molecule has 0 bridgehead atoms. The molecule has 3 N–H and O–H groups in total. The van der Waals surface area contributed by atoms with Gasteiger partial charge in [-0.2, -0.15) is 4.37 Å². The average molecular weight is 304 g/mol. The maximum absolute atomic E-state index is 13.3. The molecule has 1 amide bonds. The number of anilines is 1. The van der Waals surface area contributed by atoms with Crippen molar-refractivity contribution < 1.29 is 13.6 Å². The van der Waals surface area contributed by atoms with Crippen molar-refractivity contribution in [1.82, 2.24) is 9.69 Å². The van der Waals surface area contributed by atoms with Crippen molar-refractivity contribution >= 4 is 34.9 Å². The standard InChI is InChI=1S/C11H8ClF2N3OS/c12-8-9(19-17-10(8)15)11(18)16-4-5-6(13)2-1-3-7(5)14/h1-3H,4H2,(H2,15,17)(H,16,18). The van der Waals surface area contributed by atoms with Crippen LogP contribution in [0.25, 0.3) is 0 Å². The number of carbonyl (C=O) groups excluding carboxylic acids is 1. The molecular formula is C11H8ClF2N3OS. The fourth-order valence-electron chi connectivity index (χ4n) is 1.38. The SMILES string of the molecule is Nc1nsc(C(=O)NCc2c(F)cccc2F)c1Cl. The topological polar surface area (TPSA) is 68.0 Å². The van der Waals surface area contributed by atoms with Gasteiger partial charge in [-0.15, -0.1) is 0 Å². The molecule has 19 heavy (non-hydrogen) atoms. The molecule has 0 radical (unpaired) electrons. The Morgan fingerprint density at radius 1 is 1.42 bits per heavy atom. The smallest absolute Gasteiger partial charge is 0.264 e. The lowest BCUT2D eigenvalue weighted by atomic mass is 10.2. The Bertz CT molecular complexity index is 612. The van der Waals surface area contributed by atoms with E-state index in [0.29, 0.717) is 0 Å². The van der Waals surface area contributed by atoms with Crippen LogP contribution in [-0.2, 0) is 6.54 Å². The summed E-state index contributed by atoms with van der Waals surface area (Å²) in [6.45, 7) is -0.286. The zero-order chi connectivity index (χ0) is 14.0. The maximum Gasteiger partial charge on any atom is 0.264 e. The Kier molecular flexibility index (Phi) is 3.96. The van der Waals surface area contributed by atoms with Crippen molar-refractivity contribution in [2.24, 2.45) is 0 Å². The van der Waals surface area contributed by atoms with E-state index in [9.17, 15) is 13.6 Å². The Morgan fingerprint density at radius 3 is 2.58 bits per heavy atom. The summed E-state index contributed by atoms with van der Waals surface area (Å²) < 4.78 is 30.4. The summed E-state index contributed by atoms with van der Waals surface area (Å²) in [7, 11) is 0. The number of benzene rings is 1. The first-order valence-corrected chi connectivity index (χ1v) is 6.27. The Labute approximate surface area is 116 Å². The van der Waals surface area contributed by atoms with Crippen LogP contribution in [0.4, 0.5) is 14.6 Å². The summed E-state index contributed by atoms with van der Waals surface area (Å²) in [6, 6.07) is 3.47. The van der Waals surface area contributed by atoms with Crippen molar-refractivity contribution in [3.63, 3.8) is 0 Å². The minimum absolute atomic E-state index is 0.0384. The first kappa shape index (κ1) is 13.7. The summed E-state index contributed by atoms with van der Waals surface area (Å²) >= 11 is 6.58. The van der Waals surface area contributed by atoms with E-state index in [1.165, 1.54) is 6.07 Å². The number of nitrogens with zero attached hydrogens (tertiary/aromatic N) is 1. The summed E-state index contributed by atoms with van der Waals surface area (Å²) in [5.41, 5.74) is 5.18. The van der Waals surface area contributed by atoms with Crippen LogP contribution in [-0.4, -0.2) is 10.3 Å². The molecule has 4 nitrogen and oxygen atoms in total. The van der Waals surface area contributed by atoms with Gasteiger partial charge < -0.3 is 11.1 Å². The highest BCUT2D eigenvalue weighted by atomic mass is 35.5. The molecular weight excluding hydrogens is 296 g/mol. The molecule has 2 aromatic rings. The fraction of sp³-hybridized carbons (Fsp3) is 0.0909. The molecule has 0 fully saturated rings. The Hall–Kier alpha value is -1.73. The first-order valence-electron chi connectivity index (χ1n) is 5.12. The summed E-state index contributed by atoms with van der Waals surface area (Å²) in [6.07, 6.45) is 0. The lowest BCUT2D eigenvalue weighted by Gasteiger charge is -2.06. The van der Waals surface area contributed by atoms with E-state index in [4.69, 9.17) is 17.3 Å². The number of carbonyl (C=O) groups is 1. The van der Waals surface area contributed by atoms with Crippen molar-refractivity contribution in [1.29, 1.82) is 0 Å². The fourth-order valence-corrected chi connectivity index (χ4v) is 2.28.